The number of aromatic nitrogens is 1. The fraction of sp³-hybridized carbons (Fsp3) is 0.250. The second-order valence-corrected chi connectivity index (χ2v) is 5.94. The molecule has 21 heavy (non-hydrogen) atoms. The Bertz CT molecular complexity index is 683. The Balaban J connectivity index is 1.73. The number of carbonyl (C=O) groups excluding carboxylic acids is 1. The zero-order valence-electron chi connectivity index (χ0n) is 11.6. The number of rotatable bonds is 3. The molecule has 0 atom stereocenters. The van der Waals surface area contributed by atoms with Crippen LogP contribution in [0, 0.1) is 6.92 Å². The quantitative estimate of drug-likeness (QED) is 0.929. The summed E-state index contributed by atoms with van der Waals surface area (Å²) in [6, 6.07) is 7.66. The van der Waals surface area contributed by atoms with Gasteiger partial charge in [0.05, 0.1) is 12.2 Å². The topological polar surface area (TPSA) is 51.2 Å². The number of pyridine rings is 1. The number of halogens is 1. The van der Waals surface area contributed by atoms with E-state index in [1.54, 1.807) is 12.3 Å². The maximum absolute atomic E-state index is 12.1. The van der Waals surface area contributed by atoms with Crippen LogP contribution in [0.25, 0.3) is 0 Å². The van der Waals surface area contributed by atoms with Crippen molar-refractivity contribution in [1.29, 1.82) is 0 Å². The third kappa shape index (κ3) is 3.08. The predicted molar refractivity (Wildman–Crippen MR) is 83.5 cm³/mol. The highest BCUT2D eigenvalue weighted by atomic mass is 79.9. The highest BCUT2D eigenvalue weighted by molar-refractivity contribution is 9.10. The second kappa shape index (κ2) is 5.85. The van der Waals surface area contributed by atoms with Gasteiger partial charge in [0.1, 0.15) is 5.75 Å². The van der Waals surface area contributed by atoms with Crippen molar-refractivity contribution in [3.05, 3.63) is 57.3 Å². The predicted octanol–water partition coefficient (Wildman–Crippen LogP) is 3.02. The Labute approximate surface area is 131 Å². The molecule has 0 saturated heterocycles. The molecule has 0 radical (unpaired) electrons. The smallest absolute Gasteiger partial charge is 0.253 e. The van der Waals surface area contributed by atoms with Crippen LogP contribution in [0.4, 0.5) is 0 Å². The van der Waals surface area contributed by atoms with Crippen LogP contribution >= 0.6 is 15.9 Å². The molecule has 2 aromatic rings. The fourth-order valence-electron chi connectivity index (χ4n) is 2.36. The summed E-state index contributed by atoms with van der Waals surface area (Å²) in [5, 5.41) is 2.91. The lowest BCUT2D eigenvalue weighted by molar-refractivity contribution is 0.0950. The van der Waals surface area contributed by atoms with Gasteiger partial charge < -0.3 is 10.1 Å². The van der Waals surface area contributed by atoms with Crippen molar-refractivity contribution >= 4 is 21.8 Å². The molecule has 1 aromatic heterocycles. The zero-order chi connectivity index (χ0) is 14.8. The number of ether oxygens (including phenoxy) is 1. The average Bonchev–Trinajstić information content (AvgIpc) is 2.93. The number of carbonyl (C=O) groups is 1. The van der Waals surface area contributed by atoms with E-state index in [0.717, 1.165) is 27.9 Å². The normalized spacial score (nSPS) is 12.7. The largest absolute Gasteiger partial charge is 0.493 e. The lowest BCUT2D eigenvalue weighted by Crippen LogP contribution is -2.23. The van der Waals surface area contributed by atoms with Crippen LogP contribution in [0.15, 0.2) is 34.9 Å². The minimum absolute atomic E-state index is 0.130. The van der Waals surface area contributed by atoms with E-state index in [4.69, 9.17) is 4.74 Å². The SMILES string of the molecule is Cc1ccc(C(=O)NCc2cc(Br)cc3c2OCC3)cn1. The third-order valence-electron chi connectivity index (χ3n) is 3.44. The van der Waals surface area contributed by atoms with Gasteiger partial charge in [0, 0.05) is 34.9 Å². The van der Waals surface area contributed by atoms with E-state index in [1.807, 2.05) is 19.1 Å². The molecule has 1 aromatic carbocycles. The first-order valence-electron chi connectivity index (χ1n) is 6.78. The van der Waals surface area contributed by atoms with Crippen molar-refractivity contribution in [3.63, 3.8) is 0 Å². The van der Waals surface area contributed by atoms with Crippen molar-refractivity contribution in [1.82, 2.24) is 10.3 Å². The van der Waals surface area contributed by atoms with E-state index >= 15 is 0 Å². The van der Waals surface area contributed by atoms with E-state index in [0.29, 0.717) is 18.7 Å². The lowest BCUT2D eigenvalue weighted by Gasteiger charge is -2.10. The molecule has 5 heteroatoms. The number of amides is 1. The van der Waals surface area contributed by atoms with Crippen LogP contribution < -0.4 is 10.1 Å². The maximum atomic E-state index is 12.1. The van der Waals surface area contributed by atoms with Gasteiger partial charge in [0.2, 0.25) is 0 Å². The molecule has 1 aliphatic heterocycles. The van der Waals surface area contributed by atoms with Gasteiger partial charge in [-0.15, -0.1) is 0 Å². The van der Waals surface area contributed by atoms with Crippen LogP contribution in [-0.2, 0) is 13.0 Å². The highest BCUT2D eigenvalue weighted by Crippen LogP contribution is 2.32. The van der Waals surface area contributed by atoms with E-state index in [9.17, 15) is 4.79 Å². The number of hydrogen-bond donors (Lipinski definition) is 1. The summed E-state index contributed by atoms with van der Waals surface area (Å²) in [7, 11) is 0. The van der Waals surface area contributed by atoms with Gasteiger partial charge in [-0.2, -0.15) is 0 Å². The molecule has 1 amide bonds. The monoisotopic (exact) mass is 346 g/mol. The summed E-state index contributed by atoms with van der Waals surface area (Å²) < 4.78 is 6.66. The minimum atomic E-state index is -0.130. The first kappa shape index (κ1) is 14.1. The van der Waals surface area contributed by atoms with Gasteiger partial charge in [-0.3, -0.25) is 9.78 Å². The lowest BCUT2D eigenvalue weighted by atomic mass is 10.1. The van der Waals surface area contributed by atoms with Crippen LogP contribution in [0.1, 0.15) is 27.2 Å². The van der Waals surface area contributed by atoms with Crippen molar-refractivity contribution in [3.8, 4) is 5.75 Å². The molecule has 1 N–H and O–H groups in total. The Hall–Kier alpha value is -1.88. The molecule has 2 heterocycles. The summed E-state index contributed by atoms with van der Waals surface area (Å²) >= 11 is 3.50. The Morgan fingerprint density at radius 1 is 1.43 bits per heavy atom. The Morgan fingerprint density at radius 3 is 3.05 bits per heavy atom. The third-order valence-corrected chi connectivity index (χ3v) is 3.90. The number of nitrogens with zero attached hydrogens (tertiary/aromatic N) is 1. The molecule has 108 valence electrons. The number of benzene rings is 1. The van der Waals surface area contributed by atoms with Crippen LogP contribution in [0.5, 0.6) is 5.75 Å². The number of aryl methyl sites for hydroxylation is 1. The average molecular weight is 347 g/mol. The van der Waals surface area contributed by atoms with Crippen molar-refractivity contribution < 1.29 is 9.53 Å². The van der Waals surface area contributed by atoms with Crippen molar-refractivity contribution in [2.24, 2.45) is 0 Å². The van der Waals surface area contributed by atoms with Crippen LogP contribution in [-0.4, -0.2) is 17.5 Å². The van der Waals surface area contributed by atoms with Gasteiger partial charge in [-0.25, -0.2) is 0 Å². The van der Waals surface area contributed by atoms with Gasteiger partial charge in [0.15, 0.2) is 0 Å². The molecule has 0 unspecified atom stereocenters. The van der Waals surface area contributed by atoms with Crippen LogP contribution in [0.2, 0.25) is 0 Å². The van der Waals surface area contributed by atoms with E-state index in [1.165, 1.54) is 5.56 Å². The van der Waals surface area contributed by atoms with Gasteiger partial charge >= 0.3 is 0 Å². The molecular formula is C16H15BrN2O2. The number of fused-ring (bicyclic) bond motifs is 1. The summed E-state index contributed by atoms with van der Waals surface area (Å²) in [6.45, 7) is 3.03. The van der Waals surface area contributed by atoms with Crippen LogP contribution in [0.3, 0.4) is 0 Å². The minimum Gasteiger partial charge on any atom is -0.493 e. The molecule has 0 saturated carbocycles. The zero-order valence-corrected chi connectivity index (χ0v) is 13.2. The highest BCUT2D eigenvalue weighted by Gasteiger charge is 2.18. The fourth-order valence-corrected chi connectivity index (χ4v) is 2.91. The molecule has 3 rings (SSSR count). The van der Waals surface area contributed by atoms with Crippen molar-refractivity contribution in [2.45, 2.75) is 19.9 Å². The van der Waals surface area contributed by atoms with Gasteiger partial charge in [-0.05, 0) is 36.8 Å². The second-order valence-electron chi connectivity index (χ2n) is 5.02. The Kier molecular flexibility index (Phi) is 3.92. The molecule has 0 spiro atoms. The van der Waals surface area contributed by atoms with E-state index in [-0.39, 0.29) is 5.91 Å². The summed E-state index contributed by atoms with van der Waals surface area (Å²) in [5.74, 6) is 0.773. The summed E-state index contributed by atoms with van der Waals surface area (Å²) in [6.07, 6.45) is 2.50. The molecule has 4 nitrogen and oxygen atoms in total. The van der Waals surface area contributed by atoms with E-state index < -0.39 is 0 Å². The first-order chi connectivity index (χ1) is 10.1. The maximum Gasteiger partial charge on any atom is 0.253 e. The first-order valence-corrected chi connectivity index (χ1v) is 7.58. The van der Waals surface area contributed by atoms with Crippen molar-refractivity contribution in [2.75, 3.05) is 6.61 Å². The number of hydrogen-bond acceptors (Lipinski definition) is 3. The van der Waals surface area contributed by atoms with Gasteiger partial charge in [0.25, 0.3) is 5.91 Å². The molecule has 0 bridgehead atoms. The number of nitrogens with one attached hydrogen (secondary N) is 1. The molecule has 0 fully saturated rings. The summed E-state index contributed by atoms with van der Waals surface area (Å²) in [5.41, 5.74) is 3.63. The standard InChI is InChI=1S/C16H15BrN2O2/c1-10-2-3-12(8-18-10)16(20)19-9-13-7-14(17)6-11-4-5-21-15(11)13/h2-3,6-8H,4-5,9H2,1H3,(H,19,20). The summed E-state index contributed by atoms with van der Waals surface area (Å²) in [4.78, 5) is 16.2. The molecule has 1 aliphatic rings. The van der Waals surface area contributed by atoms with Gasteiger partial charge in [-0.1, -0.05) is 15.9 Å². The molecule has 0 aliphatic carbocycles. The van der Waals surface area contributed by atoms with E-state index in [2.05, 4.69) is 32.3 Å². The molecular weight excluding hydrogens is 332 g/mol. The Morgan fingerprint density at radius 2 is 2.29 bits per heavy atom.